The summed E-state index contributed by atoms with van der Waals surface area (Å²) >= 11 is 0. The minimum Gasteiger partial charge on any atom is -0.497 e. The SMILES string of the molecule is COc1ccc(CO[C@@H]2[C@H]3OC(C)(C)O[C@H]3O[C@@H]2[C@H](O)COCc2ccccc2)cc1. The van der Waals surface area contributed by atoms with Crippen molar-refractivity contribution in [2.24, 2.45) is 0 Å². The van der Waals surface area contributed by atoms with E-state index in [4.69, 9.17) is 28.4 Å². The molecule has 4 rings (SSSR count). The van der Waals surface area contributed by atoms with Crippen LogP contribution < -0.4 is 4.74 Å². The fourth-order valence-electron chi connectivity index (χ4n) is 3.88. The predicted octanol–water partition coefficient (Wildman–Crippen LogP) is 3.03. The van der Waals surface area contributed by atoms with Gasteiger partial charge in [-0.3, -0.25) is 0 Å². The van der Waals surface area contributed by atoms with Gasteiger partial charge in [-0.15, -0.1) is 0 Å². The number of hydrogen-bond donors (Lipinski definition) is 1. The van der Waals surface area contributed by atoms with Crippen molar-refractivity contribution in [2.75, 3.05) is 13.7 Å². The van der Waals surface area contributed by atoms with Gasteiger partial charge in [0.2, 0.25) is 0 Å². The lowest BCUT2D eigenvalue weighted by molar-refractivity contribution is -0.233. The van der Waals surface area contributed by atoms with Gasteiger partial charge >= 0.3 is 0 Å². The van der Waals surface area contributed by atoms with E-state index in [1.54, 1.807) is 7.11 Å². The molecule has 5 atom stereocenters. The second-order valence-electron chi connectivity index (χ2n) is 8.26. The minimum atomic E-state index is -0.884. The number of methoxy groups -OCH3 is 1. The molecule has 31 heavy (non-hydrogen) atoms. The van der Waals surface area contributed by atoms with Crippen LogP contribution in [0.25, 0.3) is 0 Å². The fourth-order valence-corrected chi connectivity index (χ4v) is 3.88. The molecule has 7 nitrogen and oxygen atoms in total. The van der Waals surface area contributed by atoms with E-state index in [1.165, 1.54) is 0 Å². The summed E-state index contributed by atoms with van der Waals surface area (Å²) in [4.78, 5) is 0. The van der Waals surface area contributed by atoms with Gasteiger partial charge in [0.25, 0.3) is 0 Å². The third kappa shape index (κ3) is 5.44. The number of fused-ring (bicyclic) bond motifs is 1. The topological polar surface area (TPSA) is 75.6 Å². The van der Waals surface area contributed by atoms with E-state index in [0.717, 1.165) is 16.9 Å². The van der Waals surface area contributed by atoms with Crippen molar-refractivity contribution >= 4 is 0 Å². The Labute approximate surface area is 182 Å². The summed E-state index contributed by atoms with van der Waals surface area (Å²) in [5.41, 5.74) is 2.02. The molecular weight excluding hydrogens is 400 g/mol. The lowest BCUT2D eigenvalue weighted by atomic mass is 10.1. The quantitative estimate of drug-likeness (QED) is 0.655. The normalized spacial score (nSPS) is 27.7. The zero-order chi connectivity index (χ0) is 21.8. The number of ether oxygens (including phenoxy) is 6. The van der Waals surface area contributed by atoms with E-state index < -0.39 is 36.5 Å². The Kier molecular flexibility index (Phi) is 6.91. The van der Waals surface area contributed by atoms with Gasteiger partial charge in [-0.25, -0.2) is 0 Å². The molecule has 168 valence electrons. The number of benzene rings is 2. The zero-order valence-corrected chi connectivity index (χ0v) is 18.1. The van der Waals surface area contributed by atoms with Crippen molar-refractivity contribution in [2.45, 2.75) is 63.6 Å². The third-order valence-corrected chi connectivity index (χ3v) is 5.41. The molecule has 1 N–H and O–H groups in total. The highest BCUT2D eigenvalue weighted by molar-refractivity contribution is 5.26. The second kappa shape index (κ2) is 9.65. The number of aliphatic hydroxyl groups is 1. The van der Waals surface area contributed by atoms with Crippen LogP contribution in [-0.4, -0.2) is 55.3 Å². The Hall–Kier alpha value is -2.00. The Morgan fingerprint density at radius 2 is 1.68 bits per heavy atom. The Balaban J connectivity index is 1.38. The largest absolute Gasteiger partial charge is 0.497 e. The molecule has 0 aromatic heterocycles. The van der Waals surface area contributed by atoms with Crippen LogP contribution in [0.4, 0.5) is 0 Å². The molecule has 0 spiro atoms. The summed E-state index contributed by atoms with van der Waals surface area (Å²) in [5, 5.41) is 10.8. The third-order valence-electron chi connectivity index (χ3n) is 5.41. The Bertz CT molecular complexity index is 824. The summed E-state index contributed by atoms with van der Waals surface area (Å²) in [6.07, 6.45) is -3.03. The molecule has 0 saturated carbocycles. The van der Waals surface area contributed by atoms with Gasteiger partial charge in [0, 0.05) is 0 Å². The van der Waals surface area contributed by atoms with Crippen LogP contribution in [0.5, 0.6) is 5.75 Å². The molecule has 2 heterocycles. The highest BCUT2D eigenvalue weighted by atomic mass is 16.8. The molecular formula is C24H30O7. The summed E-state index contributed by atoms with van der Waals surface area (Å²) < 4.78 is 35.0. The van der Waals surface area contributed by atoms with Gasteiger partial charge in [-0.2, -0.15) is 0 Å². The van der Waals surface area contributed by atoms with Crippen molar-refractivity contribution in [3.05, 3.63) is 65.7 Å². The Morgan fingerprint density at radius 3 is 2.39 bits per heavy atom. The van der Waals surface area contributed by atoms with Crippen LogP contribution >= 0.6 is 0 Å². The summed E-state index contributed by atoms with van der Waals surface area (Å²) in [7, 11) is 1.63. The van der Waals surface area contributed by atoms with Gasteiger partial charge in [0.1, 0.15) is 30.2 Å². The van der Waals surface area contributed by atoms with Gasteiger partial charge in [0.15, 0.2) is 12.1 Å². The first-order chi connectivity index (χ1) is 14.9. The molecule has 0 unspecified atom stereocenters. The molecule has 2 aromatic rings. The zero-order valence-electron chi connectivity index (χ0n) is 18.1. The van der Waals surface area contributed by atoms with Crippen molar-refractivity contribution in [1.82, 2.24) is 0 Å². The van der Waals surface area contributed by atoms with Crippen LogP contribution in [0.2, 0.25) is 0 Å². The van der Waals surface area contributed by atoms with Gasteiger partial charge in [-0.1, -0.05) is 42.5 Å². The van der Waals surface area contributed by atoms with Crippen LogP contribution in [0.1, 0.15) is 25.0 Å². The highest BCUT2D eigenvalue weighted by Gasteiger charge is 2.57. The maximum Gasteiger partial charge on any atom is 0.190 e. The molecule has 2 fully saturated rings. The van der Waals surface area contributed by atoms with E-state index in [1.807, 2.05) is 68.4 Å². The van der Waals surface area contributed by atoms with Crippen molar-refractivity contribution in [1.29, 1.82) is 0 Å². The molecule has 2 aliphatic rings. The lowest BCUT2D eigenvalue weighted by Gasteiger charge is -2.28. The average Bonchev–Trinajstić information content (AvgIpc) is 3.25. The maximum atomic E-state index is 10.8. The van der Waals surface area contributed by atoms with E-state index in [-0.39, 0.29) is 6.61 Å². The van der Waals surface area contributed by atoms with Crippen molar-refractivity contribution in [3.63, 3.8) is 0 Å². The average molecular weight is 430 g/mol. The molecule has 0 aliphatic carbocycles. The van der Waals surface area contributed by atoms with Crippen LogP contribution in [-0.2, 0) is 36.9 Å². The summed E-state index contributed by atoms with van der Waals surface area (Å²) in [6, 6.07) is 17.5. The van der Waals surface area contributed by atoms with Gasteiger partial charge < -0.3 is 33.5 Å². The minimum absolute atomic E-state index is 0.116. The van der Waals surface area contributed by atoms with Crippen molar-refractivity contribution in [3.8, 4) is 5.75 Å². The molecule has 0 amide bonds. The fraction of sp³-hybridized carbons (Fsp3) is 0.500. The van der Waals surface area contributed by atoms with E-state index in [0.29, 0.717) is 13.2 Å². The van der Waals surface area contributed by atoms with Gasteiger partial charge in [-0.05, 0) is 37.1 Å². The molecule has 7 heteroatoms. The van der Waals surface area contributed by atoms with Crippen LogP contribution in [0.15, 0.2) is 54.6 Å². The second-order valence-corrected chi connectivity index (χ2v) is 8.26. The van der Waals surface area contributed by atoms with E-state index >= 15 is 0 Å². The molecule has 0 bridgehead atoms. The molecule has 2 aromatic carbocycles. The standard InChI is InChI=1S/C24H30O7/c1-24(2)30-22-21(28-14-17-9-11-18(26-3)12-10-17)20(29-23(22)31-24)19(25)15-27-13-16-7-5-4-6-8-16/h4-12,19-23,25H,13-15H2,1-3H3/t19-,20-,21+,22-,23-/m1/s1. The number of aliphatic hydroxyl groups excluding tert-OH is 1. The monoisotopic (exact) mass is 430 g/mol. The lowest BCUT2D eigenvalue weighted by Crippen LogP contribution is -2.44. The van der Waals surface area contributed by atoms with E-state index in [2.05, 4.69) is 0 Å². The maximum absolute atomic E-state index is 10.8. The first-order valence-electron chi connectivity index (χ1n) is 10.5. The summed E-state index contributed by atoms with van der Waals surface area (Å²) in [5.74, 6) is 0.0164. The Morgan fingerprint density at radius 1 is 0.968 bits per heavy atom. The highest BCUT2D eigenvalue weighted by Crippen LogP contribution is 2.40. The molecule has 0 radical (unpaired) electrons. The summed E-state index contributed by atoms with van der Waals surface area (Å²) in [6.45, 7) is 4.55. The van der Waals surface area contributed by atoms with Crippen molar-refractivity contribution < 1.29 is 33.5 Å². The molecule has 2 aliphatic heterocycles. The van der Waals surface area contributed by atoms with E-state index in [9.17, 15) is 5.11 Å². The molecule has 2 saturated heterocycles. The predicted molar refractivity (Wildman–Crippen MR) is 112 cm³/mol. The number of rotatable bonds is 9. The first kappa shape index (κ1) is 22.2. The first-order valence-corrected chi connectivity index (χ1v) is 10.5. The van der Waals surface area contributed by atoms with Gasteiger partial charge in [0.05, 0.1) is 26.9 Å². The van der Waals surface area contributed by atoms with Crippen LogP contribution in [0, 0.1) is 0 Å². The smallest absolute Gasteiger partial charge is 0.190 e. The van der Waals surface area contributed by atoms with Crippen LogP contribution in [0.3, 0.4) is 0 Å². The number of hydrogen-bond acceptors (Lipinski definition) is 7.